The monoisotopic (exact) mass is 383 g/mol. The number of hydrogen-bond acceptors (Lipinski definition) is 5. The standard InChI is InChI=1S/C23H29NO4/c1-16(2)23(22(26)28-17(3)4,15-21(25)18-9-7-6-8-10-18)24-19-11-13-20(27-5)14-12-19/h6-14,16-17,24H,15H2,1-5H3. The lowest BCUT2D eigenvalue weighted by Gasteiger charge is -2.37. The minimum Gasteiger partial charge on any atom is -0.497 e. The predicted molar refractivity (Wildman–Crippen MR) is 111 cm³/mol. The van der Waals surface area contributed by atoms with E-state index in [0.717, 1.165) is 5.69 Å². The van der Waals surface area contributed by atoms with Crippen molar-refractivity contribution < 1.29 is 19.1 Å². The maximum Gasteiger partial charge on any atom is 0.332 e. The van der Waals surface area contributed by atoms with Gasteiger partial charge in [0.05, 0.1) is 13.2 Å². The molecule has 150 valence electrons. The van der Waals surface area contributed by atoms with E-state index < -0.39 is 11.5 Å². The van der Waals surface area contributed by atoms with Gasteiger partial charge in [0.2, 0.25) is 0 Å². The highest BCUT2D eigenvalue weighted by Gasteiger charge is 2.45. The van der Waals surface area contributed by atoms with E-state index >= 15 is 0 Å². The third-order valence-corrected chi connectivity index (χ3v) is 4.69. The number of methoxy groups -OCH3 is 1. The van der Waals surface area contributed by atoms with Crippen LogP contribution in [-0.2, 0) is 9.53 Å². The van der Waals surface area contributed by atoms with Gasteiger partial charge in [0.15, 0.2) is 5.78 Å². The van der Waals surface area contributed by atoms with Crippen LogP contribution in [0.25, 0.3) is 0 Å². The summed E-state index contributed by atoms with van der Waals surface area (Å²) in [6, 6.07) is 16.3. The van der Waals surface area contributed by atoms with Crippen molar-refractivity contribution in [3.8, 4) is 5.75 Å². The van der Waals surface area contributed by atoms with Crippen LogP contribution in [0.2, 0.25) is 0 Å². The molecule has 0 fully saturated rings. The Kier molecular flexibility index (Phi) is 7.21. The van der Waals surface area contributed by atoms with E-state index in [2.05, 4.69) is 5.32 Å². The lowest BCUT2D eigenvalue weighted by Crippen LogP contribution is -2.54. The zero-order chi connectivity index (χ0) is 20.7. The Balaban J connectivity index is 2.41. The van der Waals surface area contributed by atoms with Gasteiger partial charge in [-0.3, -0.25) is 4.79 Å². The molecule has 1 N–H and O–H groups in total. The van der Waals surface area contributed by atoms with Gasteiger partial charge in [-0.2, -0.15) is 0 Å². The summed E-state index contributed by atoms with van der Waals surface area (Å²) in [6.07, 6.45) is -0.290. The Morgan fingerprint density at radius 2 is 1.57 bits per heavy atom. The number of ether oxygens (including phenoxy) is 2. The van der Waals surface area contributed by atoms with Crippen LogP contribution in [-0.4, -0.2) is 30.5 Å². The second-order valence-electron chi connectivity index (χ2n) is 7.40. The molecule has 0 saturated heterocycles. The van der Waals surface area contributed by atoms with Gasteiger partial charge in [-0.25, -0.2) is 4.79 Å². The van der Waals surface area contributed by atoms with Crippen LogP contribution >= 0.6 is 0 Å². The van der Waals surface area contributed by atoms with E-state index in [0.29, 0.717) is 11.3 Å². The molecule has 1 unspecified atom stereocenters. The van der Waals surface area contributed by atoms with Crippen molar-refractivity contribution in [2.45, 2.75) is 45.8 Å². The van der Waals surface area contributed by atoms with Crippen LogP contribution in [0.3, 0.4) is 0 Å². The summed E-state index contributed by atoms with van der Waals surface area (Å²) in [5, 5.41) is 3.30. The number of benzene rings is 2. The first kappa shape index (κ1) is 21.5. The van der Waals surface area contributed by atoms with Crippen molar-refractivity contribution in [1.29, 1.82) is 0 Å². The Labute approximate surface area is 167 Å². The number of hydrogen-bond donors (Lipinski definition) is 1. The SMILES string of the molecule is COc1ccc(NC(CC(=O)c2ccccc2)(C(=O)OC(C)C)C(C)C)cc1. The fraction of sp³-hybridized carbons (Fsp3) is 0.391. The molecule has 0 heterocycles. The summed E-state index contributed by atoms with van der Waals surface area (Å²) in [7, 11) is 1.60. The van der Waals surface area contributed by atoms with Crippen LogP contribution in [0, 0.1) is 5.92 Å². The van der Waals surface area contributed by atoms with Crippen molar-refractivity contribution >= 4 is 17.4 Å². The molecule has 0 radical (unpaired) electrons. The summed E-state index contributed by atoms with van der Waals surface area (Å²) in [5.41, 5.74) is 0.101. The van der Waals surface area contributed by atoms with Gasteiger partial charge in [0, 0.05) is 17.7 Å². The van der Waals surface area contributed by atoms with Gasteiger partial charge < -0.3 is 14.8 Å². The molecule has 0 bridgehead atoms. The fourth-order valence-electron chi connectivity index (χ4n) is 2.98. The van der Waals surface area contributed by atoms with Gasteiger partial charge in [-0.1, -0.05) is 44.2 Å². The second kappa shape index (κ2) is 9.40. The number of nitrogens with one attached hydrogen (secondary N) is 1. The lowest BCUT2D eigenvalue weighted by molar-refractivity contribution is -0.154. The Bertz CT molecular complexity index is 784. The minimum atomic E-state index is -1.19. The third-order valence-electron chi connectivity index (χ3n) is 4.69. The summed E-state index contributed by atoms with van der Waals surface area (Å²) in [6.45, 7) is 7.43. The van der Waals surface area contributed by atoms with E-state index in [1.807, 2.05) is 44.2 Å². The Hall–Kier alpha value is -2.82. The van der Waals surface area contributed by atoms with Gasteiger partial charge in [0.1, 0.15) is 11.3 Å². The normalized spacial score (nSPS) is 13.1. The number of rotatable bonds is 9. The zero-order valence-corrected chi connectivity index (χ0v) is 17.2. The molecule has 2 rings (SSSR count). The van der Waals surface area contributed by atoms with E-state index in [-0.39, 0.29) is 24.2 Å². The van der Waals surface area contributed by atoms with Crippen molar-refractivity contribution in [2.24, 2.45) is 5.92 Å². The number of ketones is 1. The lowest BCUT2D eigenvalue weighted by atomic mass is 9.80. The average molecular weight is 383 g/mol. The molecule has 0 saturated carbocycles. The third kappa shape index (κ3) is 5.12. The molecule has 0 aromatic heterocycles. The number of carbonyl (C=O) groups excluding carboxylic acids is 2. The number of anilines is 1. The molecule has 2 aromatic rings. The molecule has 5 nitrogen and oxygen atoms in total. The van der Waals surface area contributed by atoms with Crippen molar-refractivity contribution in [2.75, 3.05) is 12.4 Å². The second-order valence-corrected chi connectivity index (χ2v) is 7.40. The molecule has 2 aromatic carbocycles. The van der Waals surface area contributed by atoms with Crippen molar-refractivity contribution in [1.82, 2.24) is 0 Å². The fourth-order valence-corrected chi connectivity index (χ4v) is 2.98. The number of carbonyl (C=O) groups is 2. The smallest absolute Gasteiger partial charge is 0.332 e. The molecular formula is C23H29NO4. The van der Waals surface area contributed by atoms with Crippen molar-refractivity contribution in [3.63, 3.8) is 0 Å². The van der Waals surface area contributed by atoms with Crippen LogP contribution in [0.4, 0.5) is 5.69 Å². The molecule has 0 spiro atoms. The zero-order valence-electron chi connectivity index (χ0n) is 17.2. The molecule has 0 aliphatic heterocycles. The van der Waals surface area contributed by atoms with Gasteiger partial charge in [-0.05, 0) is 44.0 Å². The maximum absolute atomic E-state index is 13.1. The van der Waals surface area contributed by atoms with Gasteiger partial charge in [0.25, 0.3) is 0 Å². The summed E-state index contributed by atoms with van der Waals surface area (Å²) in [4.78, 5) is 26.1. The van der Waals surface area contributed by atoms with Crippen molar-refractivity contribution in [3.05, 3.63) is 60.2 Å². The molecule has 28 heavy (non-hydrogen) atoms. The molecule has 5 heteroatoms. The highest BCUT2D eigenvalue weighted by atomic mass is 16.5. The van der Waals surface area contributed by atoms with Crippen LogP contribution in [0.1, 0.15) is 44.5 Å². The summed E-state index contributed by atoms with van der Waals surface area (Å²) in [5.74, 6) is -0.0204. The first-order valence-electron chi connectivity index (χ1n) is 9.50. The van der Waals surface area contributed by atoms with Gasteiger partial charge >= 0.3 is 5.97 Å². The Morgan fingerprint density at radius 3 is 2.07 bits per heavy atom. The molecule has 1 atom stereocenters. The Morgan fingerprint density at radius 1 is 0.964 bits per heavy atom. The number of esters is 1. The van der Waals surface area contributed by atoms with Crippen LogP contribution in [0.5, 0.6) is 5.75 Å². The minimum absolute atomic E-state index is 0.00768. The molecule has 0 amide bonds. The summed E-state index contributed by atoms with van der Waals surface area (Å²) < 4.78 is 10.7. The quantitative estimate of drug-likeness (QED) is 0.501. The van der Waals surface area contributed by atoms with E-state index in [9.17, 15) is 9.59 Å². The number of Topliss-reactive ketones (excluding diaryl/α,β-unsaturated/α-hetero) is 1. The molecule has 0 aliphatic rings. The van der Waals surface area contributed by atoms with Gasteiger partial charge in [-0.15, -0.1) is 0 Å². The predicted octanol–water partition coefficient (Wildman–Crippen LogP) is 4.73. The largest absolute Gasteiger partial charge is 0.497 e. The maximum atomic E-state index is 13.1. The molecular weight excluding hydrogens is 354 g/mol. The first-order chi connectivity index (χ1) is 13.3. The first-order valence-corrected chi connectivity index (χ1v) is 9.50. The topological polar surface area (TPSA) is 64.6 Å². The van der Waals surface area contributed by atoms with Crippen LogP contribution in [0.15, 0.2) is 54.6 Å². The average Bonchev–Trinajstić information content (AvgIpc) is 2.67. The highest BCUT2D eigenvalue weighted by Crippen LogP contribution is 2.31. The van der Waals surface area contributed by atoms with E-state index in [4.69, 9.17) is 9.47 Å². The van der Waals surface area contributed by atoms with Crippen LogP contribution < -0.4 is 10.1 Å². The van der Waals surface area contributed by atoms with E-state index in [1.54, 1.807) is 45.2 Å². The van der Waals surface area contributed by atoms with E-state index in [1.165, 1.54) is 0 Å². The summed E-state index contributed by atoms with van der Waals surface area (Å²) >= 11 is 0. The molecule has 0 aliphatic carbocycles. The highest BCUT2D eigenvalue weighted by molar-refractivity contribution is 6.01.